The maximum absolute atomic E-state index is 11.7. The molecule has 0 saturated carbocycles. The van der Waals surface area contributed by atoms with Crippen molar-refractivity contribution in [2.45, 2.75) is 19.9 Å². The van der Waals surface area contributed by atoms with E-state index in [9.17, 15) is 4.79 Å². The summed E-state index contributed by atoms with van der Waals surface area (Å²) in [6, 6.07) is 6.06. The van der Waals surface area contributed by atoms with Gasteiger partial charge in [0, 0.05) is 13.6 Å². The summed E-state index contributed by atoms with van der Waals surface area (Å²) in [5, 5.41) is 2.86. The van der Waals surface area contributed by atoms with E-state index >= 15 is 0 Å². The number of nitrogens with zero attached hydrogens (tertiary/aromatic N) is 1. The number of benzene rings is 1. The van der Waals surface area contributed by atoms with Gasteiger partial charge in [0.1, 0.15) is 5.75 Å². The van der Waals surface area contributed by atoms with Crippen LogP contribution in [0.25, 0.3) is 0 Å². The van der Waals surface area contributed by atoms with E-state index in [0.717, 1.165) is 17.7 Å². The summed E-state index contributed by atoms with van der Waals surface area (Å²) in [5.41, 5.74) is 2.30. The molecule has 4 heteroatoms. The Morgan fingerprint density at radius 3 is 2.72 bits per heavy atom. The lowest BCUT2D eigenvalue weighted by molar-refractivity contribution is -0.129. The van der Waals surface area contributed by atoms with Crippen molar-refractivity contribution in [3.05, 3.63) is 29.3 Å². The van der Waals surface area contributed by atoms with Crippen LogP contribution in [-0.4, -0.2) is 38.6 Å². The molecule has 0 aliphatic rings. The van der Waals surface area contributed by atoms with Gasteiger partial charge >= 0.3 is 0 Å². The lowest BCUT2D eigenvalue weighted by Gasteiger charge is -2.18. The molecule has 1 N–H and O–H groups in total. The molecule has 0 fully saturated rings. The van der Waals surface area contributed by atoms with Crippen LogP contribution >= 0.6 is 0 Å². The number of carbonyl (C=O) groups excluding carboxylic acids is 1. The maximum atomic E-state index is 11.7. The van der Waals surface area contributed by atoms with Crippen molar-refractivity contribution in [3.63, 3.8) is 0 Å². The van der Waals surface area contributed by atoms with E-state index in [1.54, 1.807) is 19.1 Å². The summed E-state index contributed by atoms with van der Waals surface area (Å²) in [6.07, 6.45) is 0.922. The molecule has 0 bridgehead atoms. The summed E-state index contributed by atoms with van der Waals surface area (Å²) >= 11 is 0. The van der Waals surface area contributed by atoms with Gasteiger partial charge in [-0.1, -0.05) is 19.1 Å². The van der Waals surface area contributed by atoms with E-state index in [4.69, 9.17) is 4.74 Å². The molecule has 18 heavy (non-hydrogen) atoms. The van der Waals surface area contributed by atoms with Crippen LogP contribution in [0.2, 0.25) is 0 Å². The Hall–Kier alpha value is -1.55. The van der Waals surface area contributed by atoms with Gasteiger partial charge in [0.05, 0.1) is 13.7 Å². The molecule has 0 aliphatic heterocycles. The minimum atomic E-state index is 0.0892. The molecule has 0 unspecified atom stereocenters. The highest BCUT2D eigenvalue weighted by atomic mass is 16.5. The second-order valence-electron chi connectivity index (χ2n) is 4.28. The second kappa shape index (κ2) is 7.01. The number of methoxy groups -OCH3 is 1. The molecule has 4 nitrogen and oxygen atoms in total. The molecule has 0 heterocycles. The van der Waals surface area contributed by atoms with Crippen LogP contribution in [0.3, 0.4) is 0 Å². The van der Waals surface area contributed by atoms with Gasteiger partial charge in [0.15, 0.2) is 0 Å². The zero-order valence-corrected chi connectivity index (χ0v) is 11.6. The molecule has 0 aromatic heterocycles. The van der Waals surface area contributed by atoms with E-state index in [0.29, 0.717) is 13.1 Å². The molecule has 1 aromatic carbocycles. The average molecular weight is 250 g/mol. The Labute approximate surface area is 109 Å². The summed E-state index contributed by atoms with van der Waals surface area (Å²) in [5.74, 6) is 0.997. The highest BCUT2D eigenvalue weighted by Crippen LogP contribution is 2.20. The molecule has 0 spiro atoms. The Balaban J connectivity index is 2.76. The predicted octanol–water partition coefficient (Wildman–Crippen LogP) is 1.44. The van der Waals surface area contributed by atoms with Crippen LogP contribution < -0.4 is 10.1 Å². The summed E-state index contributed by atoms with van der Waals surface area (Å²) in [7, 11) is 5.26. The molecule has 1 rings (SSSR count). The van der Waals surface area contributed by atoms with Gasteiger partial charge in [-0.2, -0.15) is 0 Å². The van der Waals surface area contributed by atoms with Gasteiger partial charge in [-0.25, -0.2) is 0 Å². The molecular weight excluding hydrogens is 228 g/mol. The topological polar surface area (TPSA) is 41.6 Å². The number of hydrogen-bond acceptors (Lipinski definition) is 3. The van der Waals surface area contributed by atoms with E-state index in [2.05, 4.69) is 18.3 Å². The number of hydrogen-bond donors (Lipinski definition) is 1. The van der Waals surface area contributed by atoms with Crippen molar-refractivity contribution in [1.29, 1.82) is 0 Å². The standard InChI is InChI=1S/C14H22N2O2/c1-5-12-8-11(6-7-13(12)18-4)10-16(3)14(17)9-15-2/h6-8,15H,5,9-10H2,1-4H3. The number of ether oxygens (including phenoxy) is 1. The summed E-state index contributed by atoms with van der Waals surface area (Å²) in [4.78, 5) is 13.4. The van der Waals surface area contributed by atoms with Crippen molar-refractivity contribution >= 4 is 5.91 Å². The first-order valence-corrected chi connectivity index (χ1v) is 6.16. The van der Waals surface area contributed by atoms with Crippen molar-refractivity contribution in [3.8, 4) is 5.75 Å². The second-order valence-corrected chi connectivity index (χ2v) is 4.28. The fraction of sp³-hybridized carbons (Fsp3) is 0.500. The third-order valence-corrected chi connectivity index (χ3v) is 2.90. The van der Waals surface area contributed by atoms with Crippen LogP contribution in [0.4, 0.5) is 0 Å². The molecule has 1 amide bonds. The minimum absolute atomic E-state index is 0.0892. The molecule has 100 valence electrons. The predicted molar refractivity (Wildman–Crippen MR) is 72.8 cm³/mol. The van der Waals surface area contributed by atoms with Gasteiger partial charge < -0.3 is 15.0 Å². The molecule has 0 atom stereocenters. The summed E-state index contributed by atoms with van der Waals surface area (Å²) < 4.78 is 5.29. The van der Waals surface area contributed by atoms with Gasteiger partial charge in [0.2, 0.25) is 5.91 Å². The minimum Gasteiger partial charge on any atom is -0.496 e. The van der Waals surface area contributed by atoms with E-state index in [-0.39, 0.29) is 5.91 Å². The van der Waals surface area contributed by atoms with Crippen LogP contribution in [0, 0.1) is 0 Å². The number of carbonyl (C=O) groups is 1. The Kier molecular flexibility index (Phi) is 5.65. The van der Waals surface area contributed by atoms with Crippen LogP contribution in [0.5, 0.6) is 5.75 Å². The fourth-order valence-corrected chi connectivity index (χ4v) is 1.85. The van der Waals surface area contributed by atoms with Crippen LogP contribution in [0.1, 0.15) is 18.1 Å². The van der Waals surface area contributed by atoms with Crippen molar-refractivity contribution < 1.29 is 9.53 Å². The quantitative estimate of drug-likeness (QED) is 0.830. The lowest BCUT2D eigenvalue weighted by atomic mass is 10.1. The number of nitrogens with one attached hydrogen (secondary N) is 1. The number of aryl methyl sites for hydroxylation is 1. The van der Waals surface area contributed by atoms with Crippen molar-refractivity contribution in [2.24, 2.45) is 0 Å². The SMILES string of the molecule is CCc1cc(CN(C)C(=O)CNC)ccc1OC. The van der Waals surface area contributed by atoms with Gasteiger partial charge in [0.25, 0.3) is 0 Å². The molecule has 0 radical (unpaired) electrons. The van der Waals surface area contributed by atoms with Gasteiger partial charge in [-0.3, -0.25) is 4.79 Å². The smallest absolute Gasteiger partial charge is 0.236 e. The Bertz CT molecular complexity index is 405. The number of likely N-dealkylation sites (N-methyl/N-ethyl adjacent to an activating group) is 2. The highest BCUT2D eigenvalue weighted by Gasteiger charge is 2.09. The lowest BCUT2D eigenvalue weighted by Crippen LogP contribution is -2.33. The first-order chi connectivity index (χ1) is 8.62. The first kappa shape index (κ1) is 14.5. The van der Waals surface area contributed by atoms with Crippen molar-refractivity contribution in [2.75, 3.05) is 27.7 Å². The number of amides is 1. The van der Waals surface area contributed by atoms with Crippen molar-refractivity contribution in [1.82, 2.24) is 10.2 Å². The zero-order valence-electron chi connectivity index (χ0n) is 11.6. The van der Waals surface area contributed by atoms with E-state index in [1.165, 1.54) is 5.56 Å². The average Bonchev–Trinajstić information content (AvgIpc) is 2.38. The molecular formula is C14H22N2O2. The molecule has 1 aromatic rings. The zero-order chi connectivity index (χ0) is 13.5. The van der Waals surface area contributed by atoms with Crippen LogP contribution in [-0.2, 0) is 17.8 Å². The fourth-order valence-electron chi connectivity index (χ4n) is 1.85. The number of rotatable bonds is 6. The third kappa shape index (κ3) is 3.74. The van der Waals surface area contributed by atoms with E-state index in [1.807, 2.05) is 19.2 Å². The Morgan fingerprint density at radius 2 is 2.17 bits per heavy atom. The maximum Gasteiger partial charge on any atom is 0.236 e. The van der Waals surface area contributed by atoms with E-state index < -0.39 is 0 Å². The Morgan fingerprint density at radius 1 is 1.44 bits per heavy atom. The van der Waals surface area contributed by atoms with Gasteiger partial charge in [-0.05, 0) is 30.7 Å². The highest BCUT2D eigenvalue weighted by molar-refractivity contribution is 5.77. The normalized spacial score (nSPS) is 10.2. The van der Waals surface area contributed by atoms with Gasteiger partial charge in [-0.15, -0.1) is 0 Å². The largest absolute Gasteiger partial charge is 0.496 e. The molecule has 0 saturated heterocycles. The molecule has 0 aliphatic carbocycles. The summed E-state index contributed by atoms with van der Waals surface area (Å²) in [6.45, 7) is 3.09. The third-order valence-electron chi connectivity index (χ3n) is 2.90. The van der Waals surface area contributed by atoms with Crippen LogP contribution in [0.15, 0.2) is 18.2 Å². The monoisotopic (exact) mass is 250 g/mol. The first-order valence-electron chi connectivity index (χ1n) is 6.16.